The Kier molecular flexibility index (Phi) is 23.2. The van der Waals surface area contributed by atoms with Crippen LogP contribution < -0.4 is 31.0 Å². The number of hydrogen-bond donors (Lipinski definition) is 6. The largest absolute Gasteiger partial charge is 0.486 e. The van der Waals surface area contributed by atoms with E-state index in [0.29, 0.717) is 22.6 Å². The van der Waals surface area contributed by atoms with Gasteiger partial charge in [0.15, 0.2) is 11.6 Å². The molecule has 0 saturated heterocycles. The summed E-state index contributed by atoms with van der Waals surface area (Å²) in [6.07, 6.45) is 0.380. The number of aliphatic carboxylic acids is 2. The molecule has 0 radical (unpaired) electrons. The van der Waals surface area contributed by atoms with Crippen LogP contribution in [0.5, 0.6) is 5.75 Å². The van der Waals surface area contributed by atoms with Crippen molar-refractivity contribution in [3.05, 3.63) is 142 Å². The summed E-state index contributed by atoms with van der Waals surface area (Å²) in [4.78, 5) is 124. The van der Waals surface area contributed by atoms with E-state index in [1.165, 1.54) is 11.8 Å². The number of carbonyl (C=O) groups is 9. The zero-order valence-electron chi connectivity index (χ0n) is 52.1. The summed E-state index contributed by atoms with van der Waals surface area (Å²) in [5.41, 5.74) is 7.01. The van der Waals surface area contributed by atoms with Crippen LogP contribution >= 0.6 is 0 Å². The molecule has 0 aliphatic carbocycles. The third-order valence-corrected chi connectivity index (χ3v) is 16.5. The van der Waals surface area contributed by atoms with Gasteiger partial charge in [0.2, 0.25) is 23.6 Å². The average Bonchev–Trinajstić information content (AvgIpc) is 1.84. The number of fused-ring (bicyclic) bond motifs is 5. The van der Waals surface area contributed by atoms with Crippen LogP contribution in [-0.2, 0) is 68.0 Å². The Hall–Kier alpha value is -8.39. The average molecular weight is 1200 g/mol. The van der Waals surface area contributed by atoms with Crippen molar-refractivity contribution in [3.63, 3.8) is 0 Å². The number of benzene rings is 4. The van der Waals surface area contributed by atoms with E-state index in [-0.39, 0.29) is 105 Å². The first kappa shape index (κ1) is 67.7. The molecule has 2 aliphatic rings. The van der Waals surface area contributed by atoms with E-state index in [0.717, 1.165) is 22.3 Å². The van der Waals surface area contributed by atoms with Gasteiger partial charge in [-0.15, -0.1) is 0 Å². The van der Waals surface area contributed by atoms with Crippen LogP contribution in [0.2, 0.25) is 0 Å². The van der Waals surface area contributed by atoms with Gasteiger partial charge >= 0.3 is 11.9 Å². The smallest absolute Gasteiger partial charge is 0.331 e. The first-order valence-electron chi connectivity index (χ1n) is 29.7. The lowest BCUT2D eigenvalue weighted by Gasteiger charge is -2.40. The summed E-state index contributed by atoms with van der Waals surface area (Å²) in [6, 6.07) is 25.1. The molecule has 2 heterocycles. The summed E-state index contributed by atoms with van der Waals surface area (Å²) >= 11 is 0. The quantitative estimate of drug-likeness (QED) is 0.0278. The van der Waals surface area contributed by atoms with Crippen molar-refractivity contribution in [2.24, 2.45) is 33.5 Å². The number of ketones is 3. The second-order valence-corrected chi connectivity index (χ2v) is 25.2. The maximum absolute atomic E-state index is 14.3. The van der Waals surface area contributed by atoms with E-state index >= 15 is 0 Å². The molecule has 20 nitrogen and oxygen atoms in total. The molecule has 4 aromatic rings. The van der Waals surface area contributed by atoms with Crippen molar-refractivity contribution >= 4 is 58.6 Å². The van der Waals surface area contributed by atoms with Gasteiger partial charge in [0.05, 0.1) is 30.7 Å². The topological polar surface area (TPSA) is 283 Å². The summed E-state index contributed by atoms with van der Waals surface area (Å²) in [5.74, 6) is -5.85. The fourth-order valence-corrected chi connectivity index (χ4v) is 11.3. The number of hydrogen-bond acceptors (Lipinski definition) is 14. The number of likely N-dealkylation sites (N-methyl/N-ethyl adjacent to an activating group) is 2. The summed E-state index contributed by atoms with van der Waals surface area (Å²) in [6.45, 7) is 18.1. The minimum Gasteiger partial charge on any atom is -0.486 e. The summed E-state index contributed by atoms with van der Waals surface area (Å²) in [5, 5.41) is 36.6. The van der Waals surface area contributed by atoms with Gasteiger partial charge in [-0.25, -0.2) is 4.79 Å². The Morgan fingerprint density at radius 1 is 0.759 bits per heavy atom. The molecule has 466 valence electrons. The van der Waals surface area contributed by atoms with Gasteiger partial charge in [0.25, 0.3) is 0 Å². The number of carboxylic acids is 2. The molecule has 0 saturated carbocycles. The standard InChI is InChI=1S/C67H86N8O12/c1-39(2)51(36-46(76)26-30-56(79)75-37-44-19-13-14-21-49(44)58-59(72-73-71-58)50-22-15-16-23-53(50)75)62(82)69-52(29-31-57(80)81)55(78)35-42-24-27-48(28-25-42)87-38-47(77)34-43-18-17-20-45(33-43)67(9,10)60(68-11)63(83)70-61(66(6,7)8)64(84)74(12)54(40(3)4)32-41(5)65(85)86/h13-25,27-28,32-33,39-40,51-52,54,58-61,68H,26,29-31,34-38H2,1-12H3,(H,69,82)(H,70,83)(H,71,72)(H,80,81)(H,85,86)/b41-32+/t51-,52-,54-,58?,59?,60+,61+/m0/s1. The monoisotopic (exact) mass is 1190 g/mol. The molecule has 87 heavy (non-hydrogen) atoms. The molecule has 6 N–H and O–H groups in total. The maximum Gasteiger partial charge on any atom is 0.331 e. The number of anilines is 1. The lowest BCUT2D eigenvalue weighted by molar-refractivity contribution is -0.141. The van der Waals surface area contributed by atoms with Gasteiger partial charge < -0.3 is 40.7 Å². The van der Waals surface area contributed by atoms with Gasteiger partial charge in [-0.1, -0.05) is 152 Å². The molecule has 4 amide bonds. The van der Waals surface area contributed by atoms with Crippen LogP contribution in [0.3, 0.4) is 0 Å². The molecule has 7 atom stereocenters. The van der Waals surface area contributed by atoms with Gasteiger partial charge in [0.1, 0.15) is 30.2 Å². The number of nitrogens with one attached hydrogen (secondary N) is 4. The number of ether oxygens (including phenoxy) is 1. The van der Waals surface area contributed by atoms with Crippen LogP contribution in [0.1, 0.15) is 147 Å². The van der Waals surface area contributed by atoms with Crippen LogP contribution in [0, 0.1) is 23.2 Å². The van der Waals surface area contributed by atoms with Crippen LogP contribution in [0.4, 0.5) is 5.69 Å². The van der Waals surface area contributed by atoms with Crippen molar-refractivity contribution in [2.75, 3.05) is 25.6 Å². The number of carboxylic acid groups (broad SMARTS) is 2. The molecular formula is C67H86N8O12. The normalized spacial score (nSPS) is 16.5. The highest BCUT2D eigenvalue weighted by Crippen LogP contribution is 2.44. The maximum atomic E-state index is 14.3. The molecule has 0 bridgehead atoms. The Morgan fingerprint density at radius 2 is 1.43 bits per heavy atom. The second-order valence-electron chi connectivity index (χ2n) is 25.2. The second kappa shape index (κ2) is 29.8. The van der Waals surface area contributed by atoms with E-state index in [4.69, 9.17) is 4.74 Å². The van der Waals surface area contributed by atoms with E-state index in [9.17, 15) is 53.4 Å². The van der Waals surface area contributed by atoms with Gasteiger partial charge in [0, 0.05) is 73.7 Å². The zero-order chi connectivity index (χ0) is 64.1. The fourth-order valence-electron chi connectivity index (χ4n) is 11.3. The predicted molar refractivity (Wildman–Crippen MR) is 329 cm³/mol. The first-order valence-corrected chi connectivity index (χ1v) is 29.7. The van der Waals surface area contributed by atoms with E-state index < -0.39 is 76.9 Å². The first-order chi connectivity index (χ1) is 41.0. The SMILES string of the molecule is CN[C@H](C(=O)N[C@H](C(=O)N(C)[C@@H](/C=C(\C)C(=O)O)C(C)C)C(C)(C)C)C(C)(C)c1cccc(CC(=O)COc2ccc(CC(=O)[C@H](CCC(=O)O)NC(=O)[C@@H](CC(=O)CCC(=O)N3Cc4ccccc4C4NN=NC4c4ccccc43)C(C)C)cc2)c1. The Bertz CT molecular complexity index is 3240. The third kappa shape index (κ3) is 17.6. The number of rotatable bonds is 29. The fraction of sp³-hybridized carbons (Fsp3) is 0.478. The Labute approximate surface area is 510 Å². The molecule has 4 aromatic carbocycles. The number of Topliss-reactive ketones (excluding diaryl/α,β-unsaturated/α-hetero) is 3. The van der Waals surface area contributed by atoms with E-state index in [2.05, 4.69) is 31.7 Å². The Balaban J connectivity index is 1.03. The van der Waals surface area contributed by atoms with Crippen molar-refractivity contribution < 1.29 is 58.1 Å². The molecule has 0 fully saturated rings. The minimum absolute atomic E-state index is 0.0135. The van der Waals surface area contributed by atoms with Crippen LogP contribution in [-0.4, -0.2) is 113 Å². The van der Waals surface area contributed by atoms with Gasteiger partial charge in [-0.3, -0.25) is 43.8 Å². The molecule has 2 unspecified atom stereocenters. The molecular weight excluding hydrogens is 1110 g/mol. The molecule has 2 aliphatic heterocycles. The zero-order valence-corrected chi connectivity index (χ0v) is 52.1. The highest BCUT2D eigenvalue weighted by atomic mass is 16.5. The lowest BCUT2D eigenvalue weighted by atomic mass is 9.76. The number of carbonyl (C=O) groups excluding carboxylic acids is 7. The van der Waals surface area contributed by atoms with Crippen LogP contribution in [0.15, 0.2) is 119 Å². The summed E-state index contributed by atoms with van der Waals surface area (Å²) in [7, 11) is 3.27. The van der Waals surface area contributed by atoms with Crippen molar-refractivity contribution in [1.29, 1.82) is 0 Å². The number of nitrogens with zero attached hydrogens (tertiary/aromatic N) is 4. The van der Waals surface area contributed by atoms with E-state index in [1.807, 2.05) is 115 Å². The van der Waals surface area contributed by atoms with Crippen molar-refractivity contribution in [1.82, 2.24) is 26.3 Å². The molecule has 0 aromatic heterocycles. The summed E-state index contributed by atoms with van der Waals surface area (Å²) < 4.78 is 5.86. The molecule has 6 rings (SSSR count). The highest BCUT2D eigenvalue weighted by Gasteiger charge is 2.43. The highest BCUT2D eigenvalue weighted by molar-refractivity contribution is 5.98. The van der Waals surface area contributed by atoms with E-state index in [1.54, 1.807) is 69.3 Å². The predicted octanol–water partition coefficient (Wildman–Crippen LogP) is 8.56. The molecule has 0 spiro atoms. The van der Waals surface area contributed by atoms with Crippen LogP contribution in [0.25, 0.3) is 0 Å². The lowest BCUT2D eigenvalue weighted by Crippen LogP contribution is -2.61. The Morgan fingerprint density at radius 3 is 2.06 bits per heavy atom. The van der Waals surface area contributed by atoms with Crippen molar-refractivity contribution in [2.45, 2.75) is 162 Å². The number of para-hydroxylation sites is 1. The minimum atomic E-state index is -1.18. The van der Waals surface area contributed by atoms with Gasteiger partial charge in [-0.05, 0) is 83.7 Å². The van der Waals surface area contributed by atoms with Crippen molar-refractivity contribution in [3.8, 4) is 5.75 Å². The third-order valence-electron chi connectivity index (χ3n) is 16.5. The van der Waals surface area contributed by atoms with Gasteiger partial charge in [-0.2, -0.15) is 5.11 Å². The molecule has 20 heteroatoms. The number of amides is 4.